The Morgan fingerprint density at radius 1 is 1.25 bits per heavy atom. The minimum absolute atomic E-state index is 0.119. The SMILES string of the molecule is O=[N+]([O-])c1ccccc1CSC1=NC=NC2=NC=NC21. The number of nitrogens with zero attached hydrogens (tertiary/aromatic N) is 5. The molecule has 2 heterocycles. The van der Waals surface area contributed by atoms with Gasteiger partial charge in [-0.2, -0.15) is 0 Å². The number of rotatable bonds is 3. The lowest BCUT2D eigenvalue weighted by Gasteiger charge is -2.13. The third-order valence-corrected chi connectivity index (χ3v) is 3.90. The fourth-order valence-corrected chi connectivity index (χ4v) is 2.86. The predicted molar refractivity (Wildman–Crippen MR) is 80.0 cm³/mol. The van der Waals surface area contributed by atoms with Gasteiger partial charge < -0.3 is 0 Å². The highest BCUT2D eigenvalue weighted by molar-refractivity contribution is 8.13. The zero-order valence-corrected chi connectivity index (χ0v) is 11.0. The molecule has 20 heavy (non-hydrogen) atoms. The quantitative estimate of drug-likeness (QED) is 0.629. The second-order valence-corrected chi connectivity index (χ2v) is 5.04. The van der Waals surface area contributed by atoms with E-state index in [1.54, 1.807) is 18.2 Å². The second kappa shape index (κ2) is 5.33. The van der Waals surface area contributed by atoms with E-state index in [1.807, 2.05) is 0 Å². The molecule has 1 atom stereocenters. The molecule has 0 N–H and O–H groups in total. The topological polar surface area (TPSA) is 92.6 Å². The highest BCUT2D eigenvalue weighted by Gasteiger charge is 2.27. The second-order valence-electron chi connectivity index (χ2n) is 4.04. The molecule has 0 aromatic heterocycles. The molecule has 0 amide bonds. The van der Waals surface area contributed by atoms with Crippen molar-refractivity contribution in [3.05, 3.63) is 39.9 Å². The van der Waals surface area contributed by atoms with Crippen molar-refractivity contribution >= 4 is 41.0 Å². The number of hydrogen-bond donors (Lipinski definition) is 0. The minimum atomic E-state index is -0.374. The van der Waals surface area contributed by atoms with Gasteiger partial charge in [0.2, 0.25) is 0 Å². The number of fused-ring (bicyclic) bond motifs is 1. The van der Waals surface area contributed by atoms with Crippen molar-refractivity contribution in [1.29, 1.82) is 0 Å². The van der Waals surface area contributed by atoms with Crippen molar-refractivity contribution < 1.29 is 4.92 Å². The van der Waals surface area contributed by atoms with Crippen LogP contribution in [0.4, 0.5) is 5.69 Å². The van der Waals surface area contributed by atoms with Gasteiger partial charge in [-0.15, -0.1) is 11.8 Å². The van der Waals surface area contributed by atoms with Gasteiger partial charge in [0.25, 0.3) is 5.69 Å². The number of nitro benzene ring substituents is 1. The van der Waals surface area contributed by atoms with E-state index in [4.69, 9.17) is 0 Å². The van der Waals surface area contributed by atoms with E-state index in [0.717, 1.165) is 5.04 Å². The van der Waals surface area contributed by atoms with E-state index >= 15 is 0 Å². The lowest BCUT2D eigenvalue weighted by molar-refractivity contribution is -0.385. The molecule has 8 heteroatoms. The Morgan fingerprint density at radius 2 is 2.10 bits per heavy atom. The van der Waals surface area contributed by atoms with Gasteiger partial charge in [0, 0.05) is 17.4 Å². The summed E-state index contributed by atoms with van der Waals surface area (Å²) in [5.41, 5.74) is 0.780. The average Bonchev–Trinajstić information content (AvgIpc) is 2.94. The Hall–Kier alpha value is -2.35. The first kappa shape index (κ1) is 12.7. The van der Waals surface area contributed by atoms with E-state index in [1.165, 1.54) is 30.5 Å². The average molecular weight is 287 g/mol. The lowest BCUT2D eigenvalue weighted by atomic mass is 10.2. The summed E-state index contributed by atoms with van der Waals surface area (Å²) in [6, 6.07) is 6.43. The van der Waals surface area contributed by atoms with Gasteiger partial charge in [-0.25, -0.2) is 15.0 Å². The van der Waals surface area contributed by atoms with Crippen LogP contribution in [0.1, 0.15) is 5.56 Å². The highest BCUT2D eigenvalue weighted by atomic mass is 32.2. The van der Waals surface area contributed by atoms with Crippen molar-refractivity contribution in [2.75, 3.05) is 0 Å². The molecule has 0 bridgehead atoms. The summed E-state index contributed by atoms with van der Waals surface area (Å²) < 4.78 is 0. The zero-order chi connectivity index (χ0) is 13.9. The third-order valence-electron chi connectivity index (χ3n) is 2.82. The lowest BCUT2D eigenvalue weighted by Crippen LogP contribution is -2.25. The Morgan fingerprint density at radius 3 is 2.95 bits per heavy atom. The number of benzene rings is 1. The monoisotopic (exact) mass is 287 g/mol. The number of amidine groups is 1. The van der Waals surface area contributed by atoms with Gasteiger partial charge in [0.05, 0.1) is 4.92 Å². The van der Waals surface area contributed by atoms with E-state index in [0.29, 0.717) is 17.2 Å². The molecule has 1 unspecified atom stereocenters. The van der Waals surface area contributed by atoms with Crippen LogP contribution in [0.3, 0.4) is 0 Å². The Bertz CT molecular complexity index is 680. The number of para-hydroxylation sites is 1. The molecular formula is C12H9N5O2S. The summed E-state index contributed by atoms with van der Waals surface area (Å²) in [6.07, 6.45) is 2.90. The first-order valence-electron chi connectivity index (χ1n) is 5.80. The largest absolute Gasteiger partial charge is 0.273 e. The number of thioether (sulfide) groups is 1. The van der Waals surface area contributed by atoms with Crippen molar-refractivity contribution in [1.82, 2.24) is 0 Å². The summed E-state index contributed by atoms with van der Waals surface area (Å²) in [5, 5.41) is 11.7. The van der Waals surface area contributed by atoms with Crippen LogP contribution in [0, 0.1) is 10.1 Å². The van der Waals surface area contributed by atoms with Crippen molar-refractivity contribution in [2.45, 2.75) is 11.8 Å². The van der Waals surface area contributed by atoms with Crippen LogP contribution in [0.5, 0.6) is 0 Å². The van der Waals surface area contributed by atoms with E-state index < -0.39 is 0 Å². The van der Waals surface area contributed by atoms with Gasteiger partial charge in [-0.1, -0.05) is 18.2 Å². The van der Waals surface area contributed by atoms with E-state index in [-0.39, 0.29) is 16.7 Å². The van der Waals surface area contributed by atoms with Gasteiger partial charge in [-0.05, 0) is 0 Å². The molecule has 0 spiro atoms. The van der Waals surface area contributed by atoms with Crippen LogP contribution in [0.25, 0.3) is 0 Å². The van der Waals surface area contributed by atoms with Crippen LogP contribution in [-0.2, 0) is 5.75 Å². The molecule has 0 radical (unpaired) electrons. The first-order valence-corrected chi connectivity index (χ1v) is 6.79. The van der Waals surface area contributed by atoms with E-state index in [2.05, 4.69) is 20.0 Å². The zero-order valence-electron chi connectivity index (χ0n) is 10.2. The molecule has 1 aromatic carbocycles. The van der Waals surface area contributed by atoms with Crippen molar-refractivity contribution in [3.63, 3.8) is 0 Å². The summed E-state index contributed by atoms with van der Waals surface area (Å²) in [5.74, 6) is 1.08. The smallest absolute Gasteiger partial charge is 0.258 e. The first-order chi connectivity index (χ1) is 9.75. The highest BCUT2D eigenvalue weighted by Crippen LogP contribution is 2.26. The molecule has 2 aliphatic heterocycles. The maximum Gasteiger partial charge on any atom is 0.273 e. The predicted octanol–water partition coefficient (Wildman–Crippen LogP) is 2.08. The fourth-order valence-electron chi connectivity index (χ4n) is 1.87. The minimum Gasteiger partial charge on any atom is -0.258 e. The molecule has 0 aliphatic carbocycles. The Kier molecular flexibility index (Phi) is 3.38. The maximum atomic E-state index is 11.0. The van der Waals surface area contributed by atoms with Crippen LogP contribution < -0.4 is 0 Å². The van der Waals surface area contributed by atoms with Gasteiger partial charge >= 0.3 is 0 Å². The Labute approximate surface area is 118 Å². The molecule has 0 saturated carbocycles. The fraction of sp³-hybridized carbons (Fsp3) is 0.167. The molecule has 7 nitrogen and oxygen atoms in total. The molecule has 1 aromatic rings. The van der Waals surface area contributed by atoms with Crippen LogP contribution in [0.2, 0.25) is 0 Å². The normalized spacial score (nSPS) is 19.5. The van der Waals surface area contributed by atoms with E-state index in [9.17, 15) is 10.1 Å². The summed E-state index contributed by atoms with van der Waals surface area (Å²) in [7, 11) is 0. The third kappa shape index (κ3) is 2.37. The molecule has 3 rings (SSSR count). The summed E-state index contributed by atoms with van der Waals surface area (Å²) in [4.78, 5) is 27.0. The van der Waals surface area contributed by atoms with Crippen molar-refractivity contribution in [2.24, 2.45) is 20.0 Å². The molecule has 2 aliphatic rings. The molecule has 100 valence electrons. The van der Waals surface area contributed by atoms with Crippen molar-refractivity contribution in [3.8, 4) is 0 Å². The molecule has 0 saturated heterocycles. The van der Waals surface area contributed by atoms with Gasteiger partial charge in [-0.3, -0.25) is 15.1 Å². The van der Waals surface area contributed by atoms with Crippen LogP contribution in [-0.4, -0.2) is 34.5 Å². The molecular weight excluding hydrogens is 278 g/mol. The number of aliphatic imine (C=N–C) groups is 4. The number of hydrogen-bond acceptors (Lipinski definition) is 7. The number of nitro groups is 1. The summed E-state index contributed by atoms with van der Waals surface area (Å²) in [6.45, 7) is 0. The Balaban J connectivity index is 1.76. The summed E-state index contributed by atoms with van der Waals surface area (Å²) >= 11 is 1.42. The molecule has 0 fully saturated rings. The van der Waals surface area contributed by atoms with Gasteiger partial charge in [0.1, 0.15) is 17.7 Å². The standard InChI is InChI=1S/C12H9N5O2S/c18-17(19)9-4-2-1-3-8(9)5-20-12-10-11(14-6-13-10)15-7-16-12/h1-4,6-7,10H,5H2. The van der Waals surface area contributed by atoms with Crippen LogP contribution in [0.15, 0.2) is 44.2 Å². The van der Waals surface area contributed by atoms with Gasteiger partial charge in [0.15, 0.2) is 11.9 Å². The van der Waals surface area contributed by atoms with Crippen LogP contribution >= 0.6 is 11.8 Å². The maximum absolute atomic E-state index is 11.0.